The number of rotatable bonds is 2. The van der Waals surface area contributed by atoms with Gasteiger partial charge in [-0.1, -0.05) is 24.3 Å². The van der Waals surface area contributed by atoms with Crippen LogP contribution >= 0.6 is 0 Å². The minimum Gasteiger partial charge on any atom is -0.399 e. The Hall–Kier alpha value is -1.28. The van der Waals surface area contributed by atoms with E-state index in [0.717, 1.165) is 18.8 Å². The van der Waals surface area contributed by atoms with Gasteiger partial charge in [0.25, 0.3) is 0 Å². The molecule has 1 heterocycles. The standard InChI is InChI=1S/C13H18N2/c1-11-9-12(5-6-13(11)14)10-15-7-3-2-4-8-15/h2-3,5-6,9H,4,7-8,10,14H2,1H3. The fraction of sp³-hybridized carbons (Fsp3) is 0.385. The van der Waals surface area contributed by atoms with E-state index < -0.39 is 0 Å². The normalized spacial score (nSPS) is 16.9. The number of nitrogens with two attached hydrogens (primary N) is 1. The topological polar surface area (TPSA) is 29.3 Å². The van der Waals surface area contributed by atoms with Gasteiger partial charge in [0.2, 0.25) is 0 Å². The zero-order valence-corrected chi connectivity index (χ0v) is 9.24. The molecule has 1 aliphatic rings. The largest absolute Gasteiger partial charge is 0.399 e. The monoisotopic (exact) mass is 202 g/mol. The summed E-state index contributed by atoms with van der Waals surface area (Å²) < 4.78 is 0. The molecule has 0 bridgehead atoms. The lowest BCUT2D eigenvalue weighted by Crippen LogP contribution is -2.26. The Kier molecular flexibility index (Phi) is 3.07. The van der Waals surface area contributed by atoms with Gasteiger partial charge in [-0.2, -0.15) is 0 Å². The first-order chi connectivity index (χ1) is 7.25. The van der Waals surface area contributed by atoms with Crippen molar-refractivity contribution in [2.24, 2.45) is 0 Å². The van der Waals surface area contributed by atoms with E-state index in [1.165, 1.54) is 24.1 Å². The number of hydrogen-bond acceptors (Lipinski definition) is 2. The van der Waals surface area contributed by atoms with Crippen molar-refractivity contribution in [3.8, 4) is 0 Å². The summed E-state index contributed by atoms with van der Waals surface area (Å²) in [6, 6.07) is 6.32. The van der Waals surface area contributed by atoms with Crippen LogP contribution in [0.15, 0.2) is 30.4 Å². The quantitative estimate of drug-likeness (QED) is 0.589. The molecular formula is C13H18N2. The van der Waals surface area contributed by atoms with Crippen LogP contribution in [-0.4, -0.2) is 18.0 Å². The van der Waals surface area contributed by atoms with Gasteiger partial charge in [-0.3, -0.25) is 4.90 Å². The first-order valence-corrected chi connectivity index (χ1v) is 5.48. The molecule has 15 heavy (non-hydrogen) atoms. The van der Waals surface area contributed by atoms with E-state index in [2.05, 4.69) is 36.1 Å². The molecule has 2 N–H and O–H groups in total. The molecule has 2 rings (SSSR count). The van der Waals surface area contributed by atoms with Crippen molar-refractivity contribution in [2.75, 3.05) is 18.8 Å². The van der Waals surface area contributed by atoms with Crippen LogP contribution in [0.5, 0.6) is 0 Å². The third kappa shape index (κ3) is 2.60. The van der Waals surface area contributed by atoms with E-state index in [1.807, 2.05) is 6.07 Å². The first-order valence-electron chi connectivity index (χ1n) is 5.48. The average molecular weight is 202 g/mol. The fourth-order valence-corrected chi connectivity index (χ4v) is 1.93. The Bertz CT molecular complexity index is 369. The smallest absolute Gasteiger partial charge is 0.0343 e. The van der Waals surface area contributed by atoms with Crippen LogP contribution in [0.25, 0.3) is 0 Å². The van der Waals surface area contributed by atoms with Gasteiger partial charge in [-0.15, -0.1) is 0 Å². The van der Waals surface area contributed by atoms with Gasteiger partial charge in [-0.25, -0.2) is 0 Å². The van der Waals surface area contributed by atoms with Crippen molar-refractivity contribution in [1.82, 2.24) is 4.90 Å². The van der Waals surface area contributed by atoms with Crippen LogP contribution in [0, 0.1) is 6.92 Å². The fourth-order valence-electron chi connectivity index (χ4n) is 1.93. The number of anilines is 1. The Morgan fingerprint density at radius 1 is 1.33 bits per heavy atom. The van der Waals surface area contributed by atoms with E-state index >= 15 is 0 Å². The number of nitrogens with zero attached hydrogens (tertiary/aromatic N) is 1. The SMILES string of the molecule is Cc1cc(CN2CC=CCC2)ccc1N. The molecule has 1 aliphatic heterocycles. The molecule has 0 amide bonds. The lowest BCUT2D eigenvalue weighted by Gasteiger charge is -2.23. The maximum absolute atomic E-state index is 5.80. The molecule has 2 nitrogen and oxygen atoms in total. The van der Waals surface area contributed by atoms with Crippen LogP contribution in [0.3, 0.4) is 0 Å². The summed E-state index contributed by atoms with van der Waals surface area (Å²) >= 11 is 0. The molecule has 0 spiro atoms. The summed E-state index contributed by atoms with van der Waals surface area (Å²) in [5, 5.41) is 0. The van der Waals surface area contributed by atoms with Crippen molar-refractivity contribution in [3.63, 3.8) is 0 Å². The summed E-state index contributed by atoms with van der Waals surface area (Å²) in [6.07, 6.45) is 5.67. The summed E-state index contributed by atoms with van der Waals surface area (Å²) in [5.41, 5.74) is 9.22. The van der Waals surface area contributed by atoms with Crippen LogP contribution in [0.1, 0.15) is 17.5 Å². The molecule has 0 unspecified atom stereocenters. The van der Waals surface area contributed by atoms with Crippen LogP contribution in [0.4, 0.5) is 5.69 Å². The Morgan fingerprint density at radius 2 is 2.20 bits per heavy atom. The summed E-state index contributed by atoms with van der Waals surface area (Å²) in [6.45, 7) is 5.34. The van der Waals surface area contributed by atoms with E-state index in [0.29, 0.717) is 0 Å². The van der Waals surface area contributed by atoms with Gasteiger partial charge < -0.3 is 5.73 Å². The average Bonchev–Trinajstić information content (AvgIpc) is 2.25. The van der Waals surface area contributed by atoms with E-state index in [9.17, 15) is 0 Å². The third-order valence-corrected chi connectivity index (χ3v) is 2.88. The zero-order chi connectivity index (χ0) is 10.7. The van der Waals surface area contributed by atoms with Crippen molar-refractivity contribution in [2.45, 2.75) is 19.9 Å². The van der Waals surface area contributed by atoms with Crippen molar-refractivity contribution in [1.29, 1.82) is 0 Å². The highest BCUT2D eigenvalue weighted by atomic mass is 15.1. The van der Waals surface area contributed by atoms with E-state index in [-0.39, 0.29) is 0 Å². The van der Waals surface area contributed by atoms with Crippen molar-refractivity contribution in [3.05, 3.63) is 41.5 Å². The molecule has 1 aromatic carbocycles. The molecule has 0 saturated carbocycles. The number of benzene rings is 1. The van der Waals surface area contributed by atoms with Gasteiger partial charge in [-0.05, 0) is 30.5 Å². The molecule has 0 atom stereocenters. The molecule has 1 aromatic rings. The van der Waals surface area contributed by atoms with E-state index in [1.54, 1.807) is 0 Å². The van der Waals surface area contributed by atoms with Crippen molar-refractivity contribution >= 4 is 5.69 Å². The van der Waals surface area contributed by atoms with Gasteiger partial charge >= 0.3 is 0 Å². The summed E-state index contributed by atoms with van der Waals surface area (Å²) in [4.78, 5) is 2.45. The maximum Gasteiger partial charge on any atom is 0.0343 e. The van der Waals surface area contributed by atoms with E-state index in [4.69, 9.17) is 5.73 Å². The minimum absolute atomic E-state index is 0.886. The van der Waals surface area contributed by atoms with Gasteiger partial charge in [0.1, 0.15) is 0 Å². The zero-order valence-electron chi connectivity index (χ0n) is 9.24. The Labute approximate surface area is 91.4 Å². The molecule has 0 aromatic heterocycles. The summed E-state index contributed by atoms with van der Waals surface area (Å²) in [5.74, 6) is 0. The molecule has 0 saturated heterocycles. The molecule has 0 aliphatic carbocycles. The highest BCUT2D eigenvalue weighted by Gasteiger charge is 2.06. The molecule has 0 radical (unpaired) electrons. The lowest BCUT2D eigenvalue weighted by atomic mass is 10.1. The molecule has 80 valence electrons. The summed E-state index contributed by atoms with van der Waals surface area (Å²) in [7, 11) is 0. The van der Waals surface area contributed by atoms with Crippen LogP contribution in [-0.2, 0) is 6.54 Å². The van der Waals surface area contributed by atoms with Gasteiger partial charge in [0.05, 0.1) is 0 Å². The minimum atomic E-state index is 0.886. The predicted molar refractivity (Wildman–Crippen MR) is 64.6 cm³/mol. The predicted octanol–water partition coefficient (Wildman–Crippen LogP) is 2.34. The van der Waals surface area contributed by atoms with Crippen LogP contribution < -0.4 is 5.73 Å². The molecule has 0 fully saturated rings. The number of hydrogen-bond donors (Lipinski definition) is 1. The number of nitrogen functional groups attached to an aromatic ring is 1. The third-order valence-electron chi connectivity index (χ3n) is 2.88. The Morgan fingerprint density at radius 3 is 2.87 bits per heavy atom. The molecule has 2 heteroatoms. The second-order valence-corrected chi connectivity index (χ2v) is 4.19. The van der Waals surface area contributed by atoms with Crippen LogP contribution in [0.2, 0.25) is 0 Å². The number of aryl methyl sites for hydroxylation is 1. The molecular weight excluding hydrogens is 184 g/mol. The first kappa shape index (κ1) is 10.2. The van der Waals surface area contributed by atoms with Gasteiger partial charge in [0, 0.05) is 25.3 Å². The highest BCUT2D eigenvalue weighted by molar-refractivity contribution is 5.47. The lowest BCUT2D eigenvalue weighted by molar-refractivity contribution is 0.290. The second-order valence-electron chi connectivity index (χ2n) is 4.19. The highest BCUT2D eigenvalue weighted by Crippen LogP contribution is 2.15. The van der Waals surface area contributed by atoms with Gasteiger partial charge in [0.15, 0.2) is 0 Å². The maximum atomic E-state index is 5.80. The van der Waals surface area contributed by atoms with Crippen molar-refractivity contribution < 1.29 is 0 Å². The second kappa shape index (κ2) is 4.49. The Balaban J connectivity index is 2.04.